The van der Waals surface area contributed by atoms with Crippen molar-refractivity contribution in [2.75, 3.05) is 0 Å². The van der Waals surface area contributed by atoms with Crippen LogP contribution >= 0.6 is 11.3 Å². The molecular formula is C15H10F2N2OS. The van der Waals surface area contributed by atoms with Crippen LogP contribution in [0.2, 0.25) is 0 Å². The molecular weight excluding hydrogens is 294 g/mol. The van der Waals surface area contributed by atoms with E-state index in [1.807, 2.05) is 0 Å². The summed E-state index contributed by atoms with van der Waals surface area (Å²) in [5.41, 5.74) is 1.20. The zero-order valence-corrected chi connectivity index (χ0v) is 11.7. The Kier molecular flexibility index (Phi) is 2.85. The first kappa shape index (κ1) is 12.6. The Balaban J connectivity index is 1.83. The number of ether oxygens (including phenoxy) is 1. The van der Waals surface area contributed by atoms with Crippen molar-refractivity contribution in [3.05, 3.63) is 46.6 Å². The van der Waals surface area contributed by atoms with E-state index in [0.717, 1.165) is 41.6 Å². The molecule has 21 heavy (non-hydrogen) atoms. The minimum atomic E-state index is -0.742. The molecule has 0 bridgehead atoms. The second kappa shape index (κ2) is 4.73. The summed E-state index contributed by atoms with van der Waals surface area (Å²) in [5.74, 6) is -1.07. The molecule has 3 aromatic rings. The van der Waals surface area contributed by atoms with Gasteiger partial charge in [-0.15, -0.1) is 11.3 Å². The fraction of sp³-hybridized carbons (Fsp3) is 0.200. The lowest BCUT2D eigenvalue weighted by Crippen LogP contribution is -1.94. The highest BCUT2D eigenvalue weighted by atomic mass is 32.1. The average Bonchev–Trinajstić information content (AvgIpc) is 3.02. The van der Waals surface area contributed by atoms with Crippen LogP contribution in [0.5, 0.6) is 11.6 Å². The van der Waals surface area contributed by atoms with E-state index in [-0.39, 0.29) is 5.75 Å². The van der Waals surface area contributed by atoms with E-state index in [9.17, 15) is 8.78 Å². The summed E-state index contributed by atoms with van der Waals surface area (Å²) in [6, 6.07) is 3.23. The molecule has 1 aliphatic rings. The lowest BCUT2D eigenvalue weighted by molar-refractivity contribution is 0.427. The van der Waals surface area contributed by atoms with Crippen LogP contribution < -0.4 is 4.74 Å². The molecule has 0 amide bonds. The van der Waals surface area contributed by atoms with Crippen molar-refractivity contribution in [2.45, 2.75) is 19.3 Å². The predicted molar refractivity (Wildman–Crippen MR) is 75.9 cm³/mol. The van der Waals surface area contributed by atoms with Gasteiger partial charge in [-0.1, -0.05) is 0 Å². The normalized spacial score (nSPS) is 13.6. The van der Waals surface area contributed by atoms with Crippen LogP contribution in [0.25, 0.3) is 10.2 Å². The summed E-state index contributed by atoms with van der Waals surface area (Å²) in [6.07, 6.45) is 4.52. The molecule has 0 radical (unpaired) electrons. The van der Waals surface area contributed by atoms with Crippen molar-refractivity contribution >= 4 is 21.6 Å². The van der Waals surface area contributed by atoms with Crippen LogP contribution in [0.15, 0.2) is 24.5 Å². The van der Waals surface area contributed by atoms with Crippen LogP contribution in [-0.4, -0.2) is 9.97 Å². The highest BCUT2D eigenvalue weighted by molar-refractivity contribution is 7.18. The van der Waals surface area contributed by atoms with Crippen molar-refractivity contribution in [3.8, 4) is 11.6 Å². The van der Waals surface area contributed by atoms with Crippen molar-refractivity contribution in [1.82, 2.24) is 9.97 Å². The molecule has 6 heteroatoms. The number of halogens is 2. The van der Waals surface area contributed by atoms with Gasteiger partial charge in [0, 0.05) is 10.9 Å². The summed E-state index contributed by atoms with van der Waals surface area (Å²) in [4.78, 5) is 10.5. The third-order valence-corrected chi connectivity index (χ3v) is 4.77. The Morgan fingerprint density at radius 3 is 2.90 bits per heavy atom. The van der Waals surface area contributed by atoms with Gasteiger partial charge in [-0.05, 0) is 37.0 Å². The molecule has 4 rings (SSSR count). The van der Waals surface area contributed by atoms with Gasteiger partial charge in [-0.2, -0.15) is 0 Å². The summed E-state index contributed by atoms with van der Waals surface area (Å²) in [6.45, 7) is 0. The first-order chi connectivity index (χ1) is 10.2. The van der Waals surface area contributed by atoms with Crippen LogP contribution in [0.3, 0.4) is 0 Å². The molecule has 0 atom stereocenters. The number of benzene rings is 1. The molecule has 0 saturated carbocycles. The van der Waals surface area contributed by atoms with E-state index in [2.05, 4.69) is 9.97 Å². The van der Waals surface area contributed by atoms with E-state index in [1.54, 1.807) is 11.3 Å². The second-order valence-corrected chi connectivity index (χ2v) is 5.98. The Bertz CT molecular complexity index is 847. The Morgan fingerprint density at radius 1 is 1.14 bits per heavy atom. The number of rotatable bonds is 2. The van der Waals surface area contributed by atoms with Crippen LogP contribution in [0, 0.1) is 11.6 Å². The quantitative estimate of drug-likeness (QED) is 0.710. The van der Waals surface area contributed by atoms with Crippen molar-refractivity contribution in [3.63, 3.8) is 0 Å². The predicted octanol–water partition coefficient (Wildman–Crippen LogP) is 4.25. The molecule has 0 unspecified atom stereocenters. The lowest BCUT2D eigenvalue weighted by Gasteiger charge is -2.07. The topological polar surface area (TPSA) is 35.0 Å². The summed E-state index contributed by atoms with van der Waals surface area (Å²) < 4.78 is 32.3. The summed E-state index contributed by atoms with van der Waals surface area (Å²) in [5, 5.41) is 0.860. The highest BCUT2D eigenvalue weighted by Crippen LogP contribution is 2.41. The fourth-order valence-corrected chi connectivity index (χ4v) is 3.86. The van der Waals surface area contributed by atoms with Gasteiger partial charge in [0.15, 0.2) is 11.6 Å². The van der Waals surface area contributed by atoms with Crippen LogP contribution in [-0.2, 0) is 12.8 Å². The number of hydrogen-bond acceptors (Lipinski definition) is 4. The maximum absolute atomic E-state index is 13.7. The monoisotopic (exact) mass is 304 g/mol. The zero-order valence-electron chi connectivity index (χ0n) is 10.9. The van der Waals surface area contributed by atoms with E-state index in [4.69, 9.17) is 4.74 Å². The van der Waals surface area contributed by atoms with Gasteiger partial charge in [0.25, 0.3) is 0 Å². The minimum Gasteiger partial charge on any atom is -0.435 e. The second-order valence-electron chi connectivity index (χ2n) is 4.89. The molecule has 1 aliphatic carbocycles. The fourth-order valence-electron chi connectivity index (χ4n) is 2.64. The molecule has 2 aromatic heterocycles. The average molecular weight is 304 g/mol. The van der Waals surface area contributed by atoms with E-state index in [1.165, 1.54) is 22.8 Å². The van der Waals surface area contributed by atoms with Gasteiger partial charge in [0.2, 0.25) is 5.88 Å². The van der Waals surface area contributed by atoms with Gasteiger partial charge in [-0.3, -0.25) is 0 Å². The highest BCUT2D eigenvalue weighted by Gasteiger charge is 2.22. The van der Waals surface area contributed by atoms with Crippen molar-refractivity contribution < 1.29 is 13.5 Å². The molecule has 0 saturated heterocycles. The van der Waals surface area contributed by atoms with Gasteiger partial charge in [0.05, 0.1) is 5.39 Å². The number of nitrogens with zero attached hydrogens (tertiary/aromatic N) is 2. The molecule has 0 N–H and O–H groups in total. The van der Waals surface area contributed by atoms with Crippen molar-refractivity contribution in [1.29, 1.82) is 0 Å². The van der Waals surface area contributed by atoms with Crippen LogP contribution in [0.4, 0.5) is 8.78 Å². The number of thiophene rings is 1. The van der Waals surface area contributed by atoms with E-state index in [0.29, 0.717) is 5.88 Å². The Morgan fingerprint density at radius 2 is 2.05 bits per heavy atom. The third-order valence-electron chi connectivity index (χ3n) is 3.57. The maximum atomic E-state index is 13.7. The zero-order chi connectivity index (χ0) is 14.4. The largest absolute Gasteiger partial charge is 0.435 e. The van der Waals surface area contributed by atoms with Gasteiger partial charge in [0.1, 0.15) is 17.0 Å². The summed E-state index contributed by atoms with van der Waals surface area (Å²) >= 11 is 1.63. The first-order valence-corrected chi connectivity index (χ1v) is 7.42. The molecule has 1 aromatic carbocycles. The lowest BCUT2D eigenvalue weighted by atomic mass is 10.2. The molecule has 0 fully saturated rings. The SMILES string of the molecule is Fc1ccc(Oc2ncnc3sc4c(c23)CCC4)c(F)c1. The number of aromatic nitrogens is 2. The van der Waals surface area contributed by atoms with E-state index >= 15 is 0 Å². The molecule has 0 spiro atoms. The van der Waals surface area contributed by atoms with E-state index < -0.39 is 11.6 Å². The summed E-state index contributed by atoms with van der Waals surface area (Å²) in [7, 11) is 0. The Hall–Kier alpha value is -2.08. The number of aryl methyl sites for hydroxylation is 2. The van der Waals surface area contributed by atoms with Gasteiger partial charge < -0.3 is 4.74 Å². The molecule has 0 aliphatic heterocycles. The van der Waals surface area contributed by atoms with Gasteiger partial charge in [-0.25, -0.2) is 18.7 Å². The number of hydrogen-bond donors (Lipinski definition) is 0. The third kappa shape index (κ3) is 2.06. The first-order valence-electron chi connectivity index (χ1n) is 6.60. The molecule has 3 nitrogen and oxygen atoms in total. The smallest absolute Gasteiger partial charge is 0.231 e. The van der Waals surface area contributed by atoms with Crippen LogP contribution in [0.1, 0.15) is 16.9 Å². The van der Waals surface area contributed by atoms with Gasteiger partial charge >= 0.3 is 0 Å². The minimum absolute atomic E-state index is 0.0330. The molecule has 2 heterocycles. The number of fused-ring (bicyclic) bond motifs is 3. The standard InChI is InChI=1S/C15H10F2N2OS/c16-8-4-5-11(10(17)6-8)20-14-13-9-2-1-3-12(9)21-15(13)19-7-18-14/h4-7H,1-3H2. The maximum Gasteiger partial charge on any atom is 0.231 e. The van der Waals surface area contributed by atoms with Crippen molar-refractivity contribution in [2.24, 2.45) is 0 Å². The Labute approximate surface area is 123 Å². The molecule has 106 valence electrons.